The number of rotatable bonds is 3. The normalized spacial score (nSPS) is 24.8. The van der Waals surface area contributed by atoms with Crippen LogP contribution >= 0.6 is 0 Å². The van der Waals surface area contributed by atoms with Gasteiger partial charge in [-0.25, -0.2) is 13.4 Å². The summed E-state index contributed by atoms with van der Waals surface area (Å²) in [4.78, 5) is 4.41. The second-order valence-electron chi connectivity index (χ2n) is 4.79. The molecule has 0 radical (unpaired) electrons. The van der Waals surface area contributed by atoms with Crippen LogP contribution in [0.3, 0.4) is 0 Å². The Morgan fingerprint density at radius 1 is 1.44 bits per heavy atom. The Bertz CT molecular complexity index is 499. The fourth-order valence-electron chi connectivity index (χ4n) is 2.12. The van der Waals surface area contributed by atoms with Crippen molar-refractivity contribution in [2.45, 2.75) is 36.7 Å². The maximum absolute atomic E-state index is 11.3. The number of nitrogens with one attached hydrogen (secondary N) is 2. The Balaban J connectivity index is 2.06. The molecule has 2 atom stereocenters. The first-order chi connectivity index (χ1) is 8.47. The second-order valence-corrected chi connectivity index (χ2v) is 6.80. The highest BCUT2D eigenvalue weighted by Gasteiger charge is 2.20. The smallest absolute Gasteiger partial charge is 0.177 e. The van der Waals surface area contributed by atoms with Crippen molar-refractivity contribution in [3.05, 3.63) is 18.3 Å². The molecular formula is C12H19N3O2S. The van der Waals surface area contributed by atoms with Gasteiger partial charge < -0.3 is 10.6 Å². The van der Waals surface area contributed by atoms with Gasteiger partial charge in [0.2, 0.25) is 0 Å². The summed E-state index contributed by atoms with van der Waals surface area (Å²) < 4.78 is 22.6. The minimum Gasteiger partial charge on any atom is -0.366 e. The standard InChI is InChI=1S/C12H19N3O2S/c1-9-11(4-3-7-13-9)15-12-6-5-10(8-14-12)18(2,16)17/h5-6,8-9,11,13H,3-4,7H2,1-2H3,(H,14,15). The summed E-state index contributed by atoms with van der Waals surface area (Å²) in [7, 11) is -3.17. The molecule has 2 N–H and O–H groups in total. The molecule has 100 valence electrons. The summed E-state index contributed by atoms with van der Waals surface area (Å²) in [6.07, 6.45) is 4.83. The number of hydrogen-bond donors (Lipinski definition) is 2. The van der Waals surface area contributed by atoms with Crippen molar-refractivity contribution in [3.8, 4) is 0 Å². The zero-order valence-corrected chi connectivity index (χ0v) is 11.5. The highest BCUT2D eigenvalue weighted by atomic mass is 32.2. The molecule has 0 amide bonds. The van der Waals surface area contributed by atoms with Crippen molar-refractivity contribution in [3.63, 3.8) is 0 Å². The van der Waals surface area contributed by atoms with Crippen LogP contribution in [0.2, 0.25) is 0 Å². The Kier molecular flexibility index (Phi) is 3.87. The van der Waals surface area contributed by atoms with Crippen LogP contribution < -0.4 is 10.6 Å². The molecule has 2 unspecified atom stereocenters. The summed E-state index contributed by atoms with van der Waals surface area (Å²) in [6.45, 7) is 3.20. The molecule has 6 heteroatoms. The van der Waals surface area contributed by atoms with Gasteiger partial charge in [0.05, 0.1) is 4.90 Å². The molecule has 18 heavy (non-hydrogen) atoms. The van der Waals surface area contributed by atoms with E-state index in [1.807, 2.05) is 0 Å². The Morgan fingerprint density at radius 2 is 2.22 bits per heavy atom. The van der Waals surface area contributed by atoms with Crippen LogP contribution in [0.1, 0.15) is 19.8 Å². The van der Waals surface area contributed by atoms with E-state index in [4.69, 9.17) is 0 Å². The lowest BCUT2D eigenvalue weighted by molar-refractivity contribution is 0.389. The summed E-state index contributed by atoms with van der Waals surface area (Å²) in [5.41, 5.74) is 0. The van der Waals surface area contributed by atoms with Gasteiger partial charge in [0, 0.05) is 24.5 Å². The summed E-state index contributed by atoms with van der Waals surface area (Å²) in [6, 6.07) is 4.05. The Labute approximate surface area is 108 Å². The van der Waals surface area contributed by atoms with Gasteiger partial charge in [-0.3, -0.25) is 0 Å². The predicted octanol–water partition coefficient (Wildman–Crippen LogP) is 1.04. The van der Waals surface area contributed by atoms with E-state index in [1.54, 1.807) is 12.1 Å². The lowest BCUT2D eigenvalue weighted by Crippen LogP contribution is -2.46. The van der Waals surface area contributed by atoms with Crippen molar-refractivity contribution in [1.82, 2.24) is 10.3 Å². The molecule has 1 fully saturated rings. The van der Waals surface area contributed by atoms with Crippen molar-refractivity contribution >= 4 is 15.7 Å². The van der Waals surface area contributed by atoms with Gasteiger partial charge in [0.15, 0.2) is 9.84 Å². The monoisotopic (exact) mass is 269 g/mol. The fourth-order valence-corrected chi connectivity index (χ4v) is 2.68. The molecule has 0 spiro atoms. The van der Waals surface area contributed by atoms with E-state index in [1.165, 1.54) is 12.5 Å². The topological polar surface area (TPSA) is 71.1 Å². The third-order valence-corrected chi connectivity index (χ3v) is 4.36. The number of hydrogen-bond acceptors (Lipinski definition) is 5. The molecule has 1 aliphatic heterocycles. The lowest BCUT2D eigenvalue weighted by atomic mass is 10.00. The highest BCUT2D eigenvalue weighted by Crippen LogP contribution is 2.16. The van der Waals surface area contributed by atoms with Crippen molar-refractivity contribution in [1.29, 1.82) is 0 Å². The molecule has 0 aromatic carbocycles. The highest BCUT2D eigenvalue weighted by molar-refractivity contribution is 7.90. The van der Waals surface area contributed by atoms with Gasteiger partial charge in [0.25, 0.3) is 0 Å². The number of piperidine rings is 1. The van der Waals surface area contributed by atoms with Crippen molar-refractivity contribution < 1.29 is 8.42 Å². The van der Waals surface area contributed by atoms with Gasteiger partial charge in [0.1, 0.15) is 5.82 Å². The second kappa shape index (κ2) is 5.24. The van der Waals surface area contributed by atoms with Gasteiger partial charge in [-0.2, -0.15) is 0 Å². The molecule has 2 heterocycles. The first-order valence-electron chi connectivity index (χ1n) is 6.13. The fraction of sp³-hybridized carbons (Fsp3) is 0.583. The molecule has 1 aliphatic rings. The van der Waals surface area contributed by atoms with E-state index in [2.05, 4.69) is 22.5 Å². The van der Waals surface area contributed by atoms with Crippen LogP contribution in [0.5, 0.6) is 0 Å². The Morgan fingerprint density at radius 3 is 2.78 bits per heavy atom. The third-order valence-electron chi connectivity index (χ3n) is 3.26. The van der Waals surface area contributed by atoms with Crippen LogP contribution in [0.15, 0.2) is 23.2 Å². The Hall–Kier alpha value is -1.14. The summed E-state index contributed by atoms with van der Waals surface area (Å²) in [5, 5.41) is 6.74. The molecule has 2 rings (SSSR count). The molecule has 1 aromatic heterocycles. The zero-order valence-electron chi connectivity index (χ0n) is 10.7. The van der Waals surface area contributed by atoms with E-state index in [0.29, 0.717) is 12.1 Å². The maximum atomic E-state index is 11.3. The average molecular weight is 269 g/mol. The summed E-state index contributed by atoms with van der Waals surface area (Å²) in [5.74, 6) is 0.725. The third kappa shape index (κ3) is 3.20. The molecule has 1 saturated heterocycles. The first kappa shape index (κ1) is 13.3. The van der Waals surface area contributed by atoms with Crippen LogP contribution in [0, 0.1) is 0 Å². The molecule has 0 bridgehead atoms. The van der Waals surface area contributed by atoms with Gasteiger partial charge in [-0.15, -0.1) is 0 Å². The van der Waals surface area contributed by atoms with Crippen LogP contribution in [-0.2, 0) is 9.84 Å². The molecule has 0 aliphatic carbocycles. The molecular weight excluding hydrogens is 250 g/mol. The number of sulfone groups is 1. The molecule has 5 nitrogen and oxygen atoms in total. The molecule has 0 saturated carbocycles. The average Bonchev–Trinajstić information content (AvgIpc) is 2.32. The summed E-state index contributed by atoms with van der Waals surface area (Å²) >= 11 is 0. The largest absolute Gasteiger partial charge is 0.366 e. The van der Waals surface area contributed by atoms with Crippen molar-refractivity contribution in [2.24, 2.45) is 0 Å². The minimum absolute atomic E-state index is 0.253. The van der Waals surface area contributed by atoms with Crippen LogP contribution in [0.4, 0.5) is 5.82 Å². The maximum Gasteiger partial charge on any atom is 0.177 e. The zero-order chi connectivity index (χ0) is 13.2. The number of anilines is 1. The first-order valence-corrected chi connectivity index (χ1v) is 8.02. The van der Waals surface area contributed by atoms with E-state index in [0.717, 1.165) is 25.2 Å². The van der Waals surface area contributed by atoms with Gasteiger partial charge in [-0.05, 0) is 38.4 Å². The molecule has 1 aromatic rings. The predicted molar refractivity (Wildman–Crippen MR) is 71.5 cm³/mol. The van der Waals surface area contributed by atoms with E-state index in [-0.39, 0.29) is 4.90 Å². The number of aromatic nitrogens is 1. The lowest BCUT2D eigenvalue weighted by Gasteiger charge is -2.31. The number of pyridine rings is 1. The minimum atomic E-state index is -3.17. The van der Waals surface area contributed by atoms with E-state index < -0.39 is 9.84 Å². The SMILES string of the molecule is CC1NCCCC1Nc1ccc(S(C)(=O)=O)cn1. The van der Waals surface area contributed by atoms with E-state index >= 15 is 0 Å². The van der Waals surface area contributed by atoms with Crippen LogP contribution in [-0.4, -0.2) is 38.3 Å². The number of nitrogens with zero attached hydrogens (tertiary/aromatic N) is 1. The van der Waals surface area contributed by atoms with Gasteiger partial charge in [-0.1, -0.05) is 0 Å². The quantitative estimate of drug-likeness (QED) is 0.858. The van der Waals surface area contributed by atoms with E-state index in [9.17, 15) is 8.42 Å². The van der Waals surface area contributed by atoms with Gasteiger partial charge >= 0.3 is 0 Å². The van der Waals surface area contributed by atoms with Crippen molar-refractivity contribution in [2.75, 3.05) is 18.1 Å². The van der Waals surface area contributed by atoms with Crippen LogP contribution in [0.25, 0.3) is 0 Å².